The van der Waals surface area contributed by atoms with E-state index in [-0.39, 0.29) is 0 Å². The highest BCUT2D eigenvalue weighted by Crippen LogP contribution is 2.30. The molecule has 92 valence electrons. The third-order valence-corrected chi connectivity index (χ3v) is 3.04. The van der Waals surface area contributed by atoms with Crippen molar-refractivity contribution in [1.29, 1.82) is 0 Å². The van der Waals surface area contributed by atoms with Gasteiger partial charge in [0.1, 0.15) is 12.4 Å². The molecule has 0 bridgehead atoms. The third kappa shape index (κ3) is 3.03. The van der Waals surface area contributed by atoms with Crippen molar-refractivity contribution in [3.05, 3.63) is 63.6 Å². The largest absolute Gasteiger partial charge is 0.487 e. The van der Waals surface area contributed by atoms with Gasteiger partial charge in [0, 0.05) is 11.6 Å². The standard InChI is InChI=1S/C14H10Cl2O2/c15-12-7-14(13(16)6-11(12)8-17)18-9-10-4-2-1-3-5-10/h1-8H,9H2. The van der Waals surface area contributed by atoms with Gasteiger partial charge >= 0.3 is 0 Å². The highest BCUT2D eigenvalue weighted by Gasteiger charge is 2.08. The number of rotatable bonds is 4. The number of carbonyl (C=O) groups is 1. The molecule has 0 saturated heterocycles. The highest BCUT2D eigenvalue weighted by atomic mass is 35.5. The molecular formula is C14H10Cl2O2. The van der Waals surface area contributed by atoms with Crippen LogP contribution < -0.4 is 4.74 Å². The van der Waals surface area contributed by atoms with Gasteiger partial charge in [-0.3, -0.25) is 4.79 Å². The van der Waals surface area contributed by atoms with E-state index in [1.165, 1.54) is 6.07 Å². The predicted molar refractivity (Wildman–Crippen MR) is 72.6 cm³/mol. The second-order valence-electron chi connectivity index (χ2n) is 3.70. The normalized spacial score (nSPS) is 10.1. The summed E-state index contributed by atoms with van der Waals surface area (Å²) >= 11 is 11.9. The second kappa shape index (κ2) is 5.89. The smallest absolute Gasteiger partial charge is 0.151 e. The zero-order chi connectivity index (χ0) is 13.0. The van der Waals surface area contributed by atoms with Gasteiger partial charge in [-0.05, 0) is 11.6 Å². The van der Waals surface area contributed by atoms with Crippen LogP contribution in [0.25, 0.3) is 0 Å². The van der Waals surface area contributed by atoms with E-state index in [9.17, 15) is 4.79 Å². The van der Waals surface area contributed by atoms with E-state index in [0.29, 0.717) is 34.3 Å². The van der Waals surface area contributed by atoms with Gasteiger partial charge in [0.25, 0.3) is 0 Å². The summed E-state index contributed by atoms with van der Waals surface area (Å²) in [7, 11) is 0. The molecule has 2 aromatic carbocycles. The summed E-state index contributed by atoms with van der Waals surface area (Å²) in [4.78, 5) is 10.7. The average Bonchev–Trinajstić information content (AvgIpc) is 2.40. The fourth-order valence-corrected chi connectivity index (χ4v) is 1.91. The summed E-state index contributed by atoms with van der Waals surface area (Å²) in [6, 6.07) is 12.8. The zero-order valence-electron chi connectivity index (χ0n) is 9.40. The predicted octanol–water partition coefficient (Wildman–Crippen LogP) is 4.38. The number of hydrogen-bond donors (Lipinski definition) is 0. The topological polar surface area (TPSA) is 26.3 Å². The van der Waals surface area contributed by atoms with Crippen molar-refractivity contribution in [1.82, 2.24) is 0 Å². The van der Waals surface area contributed by atoms with Gasteiger partial charge < -0.3 is 4.74 Å². The third-order valence-electron chi connectivity index (χ3n) is 2.42. The minimum Gasteiger partial charge on any atom is -0.487 e. The monoisotopic (exact) mass is 280 g/mol. The molecule has 0 spiro atoms. The Labute approximate surface area is 115 Å². The summed E-state index contributed by atoms with van der Waals surface area (Å²) in [6.07, 6.45) is 0.662. The molecule has 0 unspecified atom stereocenters. The van der Waals surface area contributed by atoms with Crippen LogP contribution in [-0.4, -0.2) is 6.29 Å². The lowest BCUT2D eigenvalue weighted by Crippen LogP contribution is -1.96. The van der Waals surface area contributed by atoms with E-state index < -0.39 is 0 Å². The SMILES string of the molecule is O=Cc1cc(Cl)c(OCc2ccccc2)cc1Cl. The molecule has 4 heteroatoms. The first-order valence-corrected chi connectivity index (χ1v) is 6.07. The minimum absolute atomic E-state index is 0.331. The first-order valence-electron chi connectivity index (χ1n) is 5.31. The van der Waals surface area contributed by atoms with Gasteiger partial charge in [0.15, 0.2) is 6.29 Å². The van der Waals surface area contributed by atoms with Crippen molar-refractivity contribution in [3.63, 3.8) is 0 Å². The molecule has 0 fully saturated rings. The Morgan fingerprint density at radius 3 is 2.44 bits per heavy atom. The molecule has 0 radical (unpaired) electrons. The van der Waals surface area contributed by atoms with Crippen molar-refractivity contribution in [2.45, 2.75) is 6.61 Å². The summed E-state index contributed by atoms with van der Waals surface area (Å²) < 4.78 is 5.57. The Morgan fingerprint density at radius 1 is 1.06 bits per heavy atom. The van der Waals surface area contributed by atoms with Gasteiger partial charge in [-0.15, -0.1) is 0 Å². The lowest BCUT2D eigenvalue weighted by atomic mass is 10.2. The van der Waals surface area contributed by atoms with Crippen LogP contribution in [0.5, 0.6) is 5.75 Å². The van der Waals surface area contributed by atoms with Gasteiger partial charge in [-0.1, -0.05) is 53.5 Å². The number of carbonyl (C=O) groups excluding carboxylic acids is 1. The van der Waals surface area contributed by atoms with Crippen LogP contribution in [0.4, 0.5) is 0 Å². The lowest BCUT2D eigenvalue weighted by molar-refractivity contribution is 0.112. The molecule has 2 aromatic rings. The first kappa shape index (κ1) is 12.9. The van der Waals surface area contributed by atoms with E-state index in [0.717, 1.165) is 5.56 Å². The Kier molecular flexibility index (Phi) is 4.24. The molecule has 0 aliphatic heterocycles. The fraction of sp³-hybridized carbons (Fsp3) is 0.0714. The molecule has 0 aliphatic rings. The average molecular weight is 281 g/mol. The van der Waals surface area contributed by atoms with Crippen molar-refractivity contribution in [3.8, 4) is 5.75 Å². The van der Waals surface area contributed by atoms with Crippen LogP contribution in [0.1, 0.15) is 15.9 Å². The summed E-state index contributed by atoms with van der Waals surface area (Å²) in [5.74, 6) is 0.469. The molecule has 0 N–H and O–H groups in total. The highest BCUT2D eigenvalue weighted by molar-refractivity contribution is 6.36. The van der Waals surface area contributed by atoms with Gasteiger partial charge in [0.05, 0.1) is 10.0 Å². The fourth-order valence-electron chi connectivity index (χ4n) is 1.48. The molecule has 0 heterocycles. The summed E-state index contributed by atoms with van der Waals surface area (Å²) in [5.41, 5.74) is 1.39. The zero-order valence-corrected chi connectivity index (χ0v) is 10.9. The maximum Gasteiger partial charge on any atom is 0.151 e. The molecule has 0 atom stereocenters. The Morgan fingerprint density at radius 2 is 1.78 bits per heavy atom. The van der Waals surface area contributed by atoms with E-state index in [4.69, 9.17) is 27.9 Å². The van der Waals surface area contributed by atoms with Crippen LogP contribution in [0.2, 0.25) is 10.0 Å². The van der Waals surface area contributed by atoms with Crippen molar-refractivity contribution in [2.75, 3.05) is 0 Å². The van der Waals surface area contributed by atoms with Crippen LogP contribution in [0, 0.1) is 0 Å². The maximum atomic E-state index is 10.7. The quantitative estimate of drug-likeness (QED) is 0.777. The molecule has 0 saturated carbocycles. The molecule has 0 aliphatic carbocycles. The summed E-state index contributed by atoms with van der Waals surface area (Å²) in [6.45, 7) is 0.400. The van der Waals surface area contributed by atoms with E-state index >= 15 is 0 Å². The van der Waals surface area contributed by atoms with E-state index in [2.05, 4.69) is 0 Å². The van der Waals surface area contributed by atoms with Crippen LogP contribution in [-0.2, 0) is 6.61 Å². The second-order valence-corrected chi connectivity index (χ2v) is 4.51. The molecule has 2 nitrogen and oxygen atoms in total. The Bertz CT molecular complexity index is 553. The van der Waals surface area contributed by atoms with E-state index in [1.807, 2.05) is 30.3 Å². The maximum absolute atomic E-state index is 10.7. The number of benzene rings is 2. The molecule has 18 heavy (non-hydrogen) atoms. The summed E-state index contributed by atoms with van der Waals surface area (Å²) in [5, 5.41) is 0.704. The van der Waals surface area contributed by atoms with E-state index in [1.54, 1.807) is 6.07 Å². The first-order chi connectivity index (χ1) is 8.70. The molecular weight excluding hydrogens is 271 g/mol. The van der Waals surface area contributed by atoms with Gasteiger partial charge in [-0.25, -0.2) is 0 Å². The number of hydrogen-bond acceptors (Lipinski definition) is 2. The number of aldehydes is 1. The lowest BCUT2D eigenvalue weighted by Gasteiger charge is -2.09. The number of ether oxygens (including phenoxy) is 1. The van der Waals surface area contributed by atoms with Crippen LogP contribution in [0.15, 0.2) is 42.5 Å². The Balaban J connectivity index is 2.15. The number of halogens is 2. The van der Waals surface area contributed by atoms with Crippen LogP contribution >= 0.6 is 23.2 Å². The van der Waals surface area contributed by atoms with Gasteiger partial charge in [-0.2, -0.15) is 0 Å². The van der Waals surface area contributed by atoms with Crippen LogP contribution in [0.3, 0.4) is 0 Å². The van der Waals surface area contributed by atoms with Gasteiger partial charge in [0.2, 0.25) is 0 Å². The van der Waals surface area contributed by atoms with Crippen molar-refractivity contribution < 1.29 is 9.53 Å². The van der Waals surface area contributed by atoms with Crippen molar-refractivity contribution in [2.24, 2.45) is 0 Å². The van der Waals surface area contributed by atoms with Crippen molar-refractivity contribution >= 4 is 29.5 Å². The molecule has 0 aromatic heterocycles. The molecule has 2 rings (SSSR count). The minimum atomic E-state index is 0.331. The molecule has 0 amide bonds. The Hall–Kier alpha value is -1.51.